The first kappa shape index (κ1) is 21.5. The van der Waals surface area contributed by atoms with Gasteiger partial charge in [0.05, 0.1) is 7.11 Å². The van der Waals surface area contributed by atoms with Crippen LogP contribution in [0.3, 0.4) is 0 Å². The molecule has 0 aliphatic rings. The second-order valence-corrected chi connectivity index (χ2v) is 5.51. The van der Waals surface area contributed by atoms with Gasteiger partial charge in [-0.1, -0.05) is 45.1 Å². The monoisotopic (exact) mass is 335 g/mol. The quantitative estimate of drug-likeness (QED) is 0.509. The zero-order chi connectivity index (χ0) is 15.7. The van der Waals surface area contributed by atoms with E-state index >= 15 is 0 Å². The molecule has 1 atom stereocenters. The number of amides is 1. The Kier molecular flexibility index (Phi) is 11.8. The number of hydrogen-bond acceptors (Lipinski definition) is 3. The summed E-state index contributed by atoms with van der Waals surface area (Å²) >= 11 is 0. The maximum atomic E-state index is 11.6. The fraction of sp³-hybridized carbons (Fsp3) is 0.588. The summed E-state index contributed by atoms with van der Waals surface area (Å²) in [7, 11) is 1.51. The van der Waals surface area contributed by atoms with E-state index in [0.717, 1.165) is 24.8 Å². The molecule has 0 bridgehead atoms. The van der Waals surface area contributed by atoms with Crippen molar-refractivity contribution >= 4 is 43.6 Å². The number of phenolic OH excluding ortho intramolecular Hbond substituents is 1. The number of carbonyl (C=O) groups excluding carboxylic acids is 1. The van der Waals surface area contributed by atoms with Crippen LogP contribution in [0.15, 0.2) is 18.2 Å². The third-order valence-electron chi connectivity index (χ3n) is 3.78. The molecule has 0 spiro atoms. The van der Waals surface area contributed by atoms with E-state index in [1.807, 2.05) is 6.07 Å². The average molecular weight is 336 g/mol. The summed E-state index contributed by atoms with van der Waals surface area (Å²) in [5, 5.41) is 9.59. The van der Waals surface area contributed by atoms with Crippen molar-refractivity contribution in [3.63, 3.8) is 0 Å². The fourth-order valence-electron chi connectivity index (χ4n) is 2.47. The molecule has 1 rings (SSSR count). The Morgan fingerprint density at radius 1 is 1.32 bits per heavy atom. The number of phenols is 1. The summed E-state index contributed by atoms with van der Waals surface area (Å²) in [6.45, 7) is 2.18. The topological polar surface area (TPSA) is 72.6 Å². The van der Waals surface area contributed by atoms with Crippen LogP contribution in [0.2, 0.25) is 0 Å². The van der Waals surface area contributed by atoms with Gasteiger partial charge < -0.3 is 18.4 Å². The molecule has 4 nitrogen and oxygen atoms in total. The SMILES string of the molecule is CCCCCCCC(Cc1ccc(O)c(OC)c1)C(N)=O.[Ca+2].[H-].[H-]. The van der Waals surface area contributed by atoms with Crippen LogP contribution in [-0.2, 0) is 11.2 Å². The Morgan fingerprint density at radius 2 is 2.00 bits per heavy atom. The molecule has 1 unspecified atom stereocenters. The van der Waals surface area contributed by atoms with Gasteiger partial charge >= 0.3 is 37.7 Å². The fourth-order valence-corrected chi connectivity index (χ4v) is 2.47. The predicted octanol–water partition coefficient (Wildman–Crippen LogP) is 3.25. The number of methoxy groups -OCH3 is 1. The number of nitrogens with two attached hydrogens (primary N) is 1. The van der Waals surface area contributed by atoms with Gasteiger partial charge in [-0.2, -0.15) is 0 Å². The number of unbranched alkanes of at least 4 members (excludes halogenated alkanes) is 4. The van der Waals surface area contributed by atoms with Crippen molar-refractivity contribution < 1.29 is 17.5 Å². The zero-order valence-corrected chi connectivity index (χ0v) is 16.0. The van der Waals surface area contributed by atoms with Gasteiger partial charge in [0.1, 0.15) is 0 Å². The Hall–Kier alpha value is -0.450. The summed E-state index contributed by atoms with van der Waals surface area (Å²) in [4.78, 5) is 11.6. The molecule has 5 heteroatoms. The van der Waals surface area contributed by atoms with Crippen LogP contribution < -0.4 is 10.5 Å². The van der Waals surface area contributed by atoms with Crippen LogP contribution in [0, 0.1) is 5.92 Å². The van der Waals surface area contributed by atoms with Gasteiger partial charge in [0.2, 0.25) is 5.91 Å². The maximum absolute atomic E-state index is 11.6. The molecule has 0 saturated carbocycles. The normalized spacial score (nSPS) is 11.5. The Morgan fingerprint density at radius 3 is 2.59 bits per heavy atom. The van der Waals surface area contributed by atoms with E-state index < -0.39 is 0 Å². The van der Waals surface area contributed by atoms with Gasteiger partial charge in [-0.25, -0.2) is 0 Å². The van der Waals surface area contributed by atoms with E-state index in [9.17, 15) is 9.90 Å². The van der Waals surface area contributed by atoms with E-state index in [1.54, 1.807) is 12.1 Å². The third-order valence-corrected chi connectivity index (χ3v) is 3.78. The molecule has 1 amide bonds. The Bertz CT molecular complexity index is 461. The largest absolute Gasteiger partial charge is 2.00 e. The van der Waals surface area contributed by atoms with E-state index in [4.69, 9.17) is 10.5 Å². The van der Waals surface area contributed by atoms with Gasteiger partial charge in [0.15, 0.2) is 11.5 Å². The van der Waals surface area contributed by atoms with Crippen LogP contribution in [-0.4, -0.2) is 55.9 Å². The van der Waals surface area contributed by atoms with E-state index in [1.165, 1.54) is 26.4 Å². The van der Waals surface area contributed by atoms with Crippen LogP contribution in [0.4, 0.5) is 0 Å². The summed E-state index contributed by atoms with van der Waals surface area (Å²) in [6, 6.07) is 5.17. The molecule has 0 aliphatic heterocycles. The number of carbonyl (C=O) groups is 1. The van der Waals surface area contributed by atoms with Gasteiger partial charge in [-0.05, 0) is 30.5 Å². The summed E-state index contributed by atoms with van der Waals surface area (Å²) in [6.07, 6.45) is 7.28. The second-order valence-electron chi connectivity index (χ2n) is 5.51. The molecule has 3 N–H and O–H groups in total. The first-order valence-corrected chi connectivity index (χ1v) is 7.73. The molecule has 0 aliphatic carbocycles. The molecule has 0 radical (unpaired) electrons. The van der Waals surface area contributed by atoms with Crippen molar-refractivity contribution in [3.8, 4) is 11.5 Å². The smallest absolute Gasteiger partial charge is 1.00 e. The molecular weight excluding hydrogens is 306 g/mol. The molecule has 122 valence electrons. The number of primary amides is 1. The minimum absolute atomic E-state index is 0. The van der Waals surface area contributed by atoms with Gasteiger partial charge in [0.25, 0.3) is 0 Å². The van der Waals surface area contributed by atoms with Crippen LogP contribution in [0.5, 0.6) is 11.5 Å². The predicted molar refractivity (Wildman–Crippen MR) is 92.4 cm³/mol. The van der Waals surface area contributed by atoms with E-state index in [2.05, 4.69) is 6.92 Å². The van der Waals surface area contributed by atoms with Crippen molar-refractivity contribution in [3.05, 3.63) is 23.8 Å². The summed E-state index contributed by atoms with van der Waals surface area (Å²) < 4.78 is 5.09. The minimum atomic E-state index is -0.252. The van der Waals surface area contributed by atoms with Crippen molar-refractivity contribution in [2.45, 2.75) is 51.9 Å². The first-order valence-electron chi connectivity index (χ1n) is 7.73. The van der Waals surface area contributed by atoms with Crippen LogP contribution in [0.25, 0.3) is 0 Å². The number of rotatable bonds is 10. The van der Waals surface area contributed by atoms with Crippen molar-refractivity contribution in [2.75, 3.05) is 7.11 Å². The first-order chi connectivity index (χ1) is 10.1. The average Bonchev–Trinajstić information content (AvgIpc) is 2.47. The maximum Gasteiger partial charge on any atom is 2.00 e. The Labute approximate surface area is 166 Å². The third kappa shape index (κ3) is 7.70. The number of ether oxygens (including phenoxy) is 1. The summed E-state index contributed by atoms with van der Waals surface area (Å²) in [5.41, 5.74) is 6.47. The second kappa shape index (κ2) is 12.0. The standard InChI is InChI=1S/C17H27NO3.Ca.2H/c1-3-4-5-6-7-8-14(17(18)20)11-13-9-10-15(19)16(12-13)21-2;;;/h9-10,12,14,19H,3-8,11H2,1-2H3,(H2,18,20);;;/q;+2;2*-1. The van der Waals surface area contributed by atoms with Crippen molar-refractivity contribution in [1.29, 1.82) is 0 Å². The molecule has 0 fully saturated rings. The van der Waals surface area contributed by atoms with E-state index in [-0.39, 0.29) is 58.2 Å². The van der Waals surface area contributed by atoms with Crippen molar-refractivity contribution in [1.82, 2.24) is 0 Å². The molecule has 1 aromatic carbocycles. The number of hydrogen-bond donors (Lipinski definition) is 2. The van der Waals surface area contributed by atoms with Crippen LogP contribution >= 0.6 is 0 Å². The van der Waals surface area contributed by atoms with E-state index in [0.29, 0.717) is 12.2 Å². The van der Waals surface area contributed by atoms with Gasteiger partial charge in [0, 0.05) is 5.92 Å². The van der Waals surface area contributed by atoms with Gasteiger partial charge in [-0.3, -0.25) is 4.79 Å². The van der Waals surface area contributed by atoms with Crippen LogP contribution in [0.1, 0.15) is 53.9 Å². The number of benzene rings is 1. The Balaban J connectivity index is -0.00000147. The number of aromatic hydroxyl groups is 1. The molecule has 0 aromatic heterocycles. The zero-order valence-electron chi connectivity index (χ0n) is 15.8. The summed E-state index contributed by atoms with van der Waals surface area (Å²) in [5.74, 6) is 0.133. The minimum Gasteiger partial charge on any atom is -1.00 e. The molecule has 0 heterocycles. The molecule has 1 aromatic rings. The molecular formula is C17H29CaNO3. The molecule has 0 saturated heterocycles. The molecule has 22 heavy (non-hydrogen) atoms. The van der Waals surface area contributed by atoms with Gasteiger partial charge in [-0.15, -0.1) is 0 Å². The van der Waals surface area contributed by atoms with Crippen molar-refractivity contribution in [2.24, 2.45) is 11.7 Å².